The molecule has 0 saturated heterocycles. The van der Waals surface area contributed by atoms with Crippen LogP contribution in [0.2, 0.25) is 0 Å². The van der Waals surface area contributed by atoms with Crippen molar-refractivity contribution in [2.24, 2.45) is 5.73 Å². The molecule has 1 heterocycles. The summed E-state index contributed by atoms with van der Waals surface area (Å²) in [6, 6.07) is 10.8. The van der Waals surface area contributed by atoms with Crippen LogP contribution in [0, 0.1) is 0 Å². The Balaban J connectivity index is 1.91. The predicted octanol–water partition coefficient (Wildman–Crippen LogP) is 4.61. The van der Waals surface area contributed by atoms with Crippen LogP contribution in [0.25, 0.3) is 0 Å². The molecule has 1 aliphatic carbocycles. The third kappa shape index (κ3) is 2.01. The minimum atomic E-state index is 0.0850. The zero-order chi connectivity index (χ0) is 12.0. The molecule has 1 aromatic carbocycles. The van der Waals surface area contributed by atoms with Crippen LogP contribution in [0.1, 0.15) is 28.7 Å². The Bertz CT molecular complexity index is 564. The first-order valence-corrected chi connectivity index (χ1v) is 7.85. The zero-order valence-electron chi connectivity index (χ0n) is 8.99. The fourth-order valence-electron chi connectivity index (χ4n) is 2.42. The number of benzene rings is 1. The maximum Gasteiger partial charge on any atom is 0.0758 e. The first-order valence-electron chi connectivity index (χ1n) is 5.45. The highest BCUT2D eigenvalue weighted by Crippen LogP contribution is 2.46. The maximum absolute atomic E-state index is 6.39. The molecule has 0 spiro atoms. The molecule has 0 aliphatic heterocycles. The molecule has 2 atom stereocenters. The van der Waals surface area contributed by atoms with E-state index in [0.29, 0.717) is 5.92 Å². The monoisotopic (exact) mass is 371 g/mol. The van der Waals surface area contributed by atoms with Crippen molar-refractivity contribution >= 4 is 43.2 Å². The van der Waals surface area contributed by atoms with Crippen LogP contribution in [-0.4, -0.2) is 0 Å². The molecule has 1 aromatic heterocycles. The van der Waals surface area contributed by atoms with Crippen LogP contribution in [0.3, 0.4) is 0 Å². The van der Waals surface area contributed by atoms with Crippen molar-refractivity contribution in [3.05, 3.63) is 54.6 Å². The average Bonchev–Trinajstić information content (AvgIpc) is 2.59. The van der Waals surface area contributed by atoms with Crippen LogP contribution in [-0.2, 0) is 6.42 Å². The van der Waals surface area contributed by atoms with E-state index in [9.17, 15) is 0 Å². The topological polar surface area (TPSA) is 26.0 Å². The average molecular weight is 373 g/mol. The van der Waals surface area contributed by atoms with Gasteiger partial charge in [-0.2, -0.15) is 0 Å². The van der Waals surface area contributed by atoms with Crippen molar-refractivity contribution in [3.8, 4) is 0 Å². The second-order valence-electron chi connectivity index (χ2n) is 4.31. The van der Waals surface area contributed by atoms with Crippen molar-refractivity contribution < 1.29 is 0 Å². The molecule has 2 N–H and O–H groups in total. The molecule has 0 fully saturated rings. The molecule has 1 aliphatic rings. The number of hydrogen-bond donors (Lipinski definition) is 1. The van der Waals surface area contributed by atoms with Crippen LogP contribution >= 0.6 is 43.2 Å². The van der Waals surface area contributed by atoms with Crippen molar-refractivity contribution in [1.82, 2.24) is 0 Å². The summed E-state index contributed by atoms with van der Waals surface area (Å²) >= 11 is 8.78. The van der Waals surface area contributed by atoms with E-state index in [2.05, 4.69) is 62.2 Å². The van der Waals surface area contributed by atoms with Gasteiger partial charge in [0.2, 0.25) is 0 Å². The Morgan fingerprint density at radius 1 is 1.29 bits per heavy atom. The Morgan fingerprint density at radius 3 is 2.71 bits per heavy atom. The Morgan fingerprint density at radius 2 is 2.06 bits per heavy atom. The van der Waals surface area contributed by atoms with Gasteiger partial charge < -0.3 is 5.73 Å². The lowest BCUT2D eigenvalue weighted by molar-refractivity contribution is 0.500. The van der Waals surface area contributed by atoms with E-state index in [4.69, 9.17) is 5.73 Å². The third-order valence-corrected chi connectivity index (χ3v) is 5.76. The molecule has 4 heteroatoms. The number of halogens is 2. The molecule has 17 heavy (non-hydrogen) atoms. The summed E-state index contributed by atoms with van der Waals surface area (Å²) in [5, 5.41) is 0. The standard InChI is InChI=1S/C13H11Br2NS/c14-11-6-10(13(15)17-11)12(16)9-5-7-3-1-2-4-8(7)9/h1-4,6,9,12H,5,16H2. The molecule has 0 bridgehead atoms. The van der Waals surface area contributed by atoms with Crippen molar-refractivity contribution in [1.29, 1.82) is 0 Å². The number of nitrogens with two attached hydrogens (primary N) is 1. The van der Waals surface area contributed by atoms with E-state index in [-0.39, 0.29) is 6.04 Å². The highest BCUT2D eigenvalue weighted by molar-refractivity contribution is 9.12. The normalized spacial score (nSPS) is 19.6. The van der Waals surface area contributed by atoms with Gasteiger partial charge in [0.15, 0.2) is 0 Å². The summed E-state index contributed by atoms with van der Waals surface area (Å²) in [5.74, 6) is 0.462. The van der Waals surface area contributed by atoms with E-state index in [1.165, 1.54) is 16.7 Å². The molecule has 2 aromatic rings. The maximum atomic E-state index is 6.39. The van der Waals surface area contributed by atoms with E-state index >= 15 is 0 Å². The summed E-state index contributed by atoms with van der Waals surface area (Å²) in [6.07, 6.45) is 1.09. The first kappa shape index (κ1) is 11.9. The number of hydrogen-bond acceptors (Lipinski definition) is 2. The Hall–Kier alpha value is -0.160. The molecular formula is C13H11Br2NS. The number of rotatable bonds is 2. The van der Waals surface area contributed by atoms with Crippen LogP contribution in [0.5, 0.6) is 0 Å². The smallest absolute Gasteiger partial charge is 0.0758 e. The van der Waals surface area contributed by atoms with Crippen LogP contribution < -0.4 is 5.73 Å². The minimum absolute atomic E-state index is 0.0850. The molecule has 0 radical (unpaired) electrons. The molecular weight excluding hydrogens is 362 g/mol. The largest absolute Gasteiger partial charge is 0.323 e. The van der Waals surface area contributed by atoms with Crippen molar-refractivity contribution in [2.45, 2.75) is 18.4 Å². The second-order valence-corrected chi connectivity index (χ2v) is 8.06. The van der Waals surface area contributed by atoms with Gasteiger partial charge in [0.25, 0.3) is 0 Å². The highest BCUT2D eigenvalue weighted by Gasteiger charge is 2.32. The zero-order valence-corrected chi connectivity index (χ0v) is 13.0. The molecule has 1 nitrogen and oxygen atoms in total. The highest BCUT2D eigenvalue weighted by atomic mass is 79.9. The van der Waals surface area contributed by atoms with Crippen LogP contribution in [0.15, 0.2) is 37.9 Å². The SMILES string of the molecule is NC(c1cc(Br)sc1Br)C1Cc2ccccc21. The fourth-order valence-corrected chi connectivity index (χ4v) is 5.37. The van der Waals surface area contributed by atoms with Gasteiger partial charge in [0.05, 0.1) is 7.57 Å². The number of fused-ring (bicyclic) bond motifs is 1. The molecule has 0 saturated carbocycles. The third-order valence-electron chi connectivity index (χ3n) is 3.37. The van der Waals surface area contributed by atoms with Gasteiger partial charge in [-0.1, -0.05) is 24.3 Å². The van der Waals surface area contributed by atoms with Crippen molar-refractivity contribution in [3.63, 3.8) is 0 Å². The molecule has 3 rings (SSSR count). The van der Waals surface area contributed by atoms with E-state index in [1.807, 2.05) is 0 Å². The van der Waals surface area contributed by atoms with E-state index < -0.39 is 0 Å². The minimum Gasteiger partial charge on any atom is -0.323 e. The Kier molecular flexibility index (Phi) is 3.15. The van der Waals surface area contributed by atoms with E-state index in [1.54, 1.807) is 11.3 Å². The van der Waals surface area contributed by atoms with Gasteiger partial charge in [0.1, 0.15) is 0 Å². The lowest BCUT2D eigenvalue weighted by Crippen LogP contribution is -2.28. The van der Waals surface area contributed by atoms with Gasteiger partial charge in [-0.3, -0.25) is 0 Å². The van der Waals surface area contributed by atoms with Crippen molar-refractivity contribution in [2.75, 3.05) is 0 Å². The van der Waals surface area contributed by atoms with Crippen LogP contribution in [0.4, 0.5) is 0 Å². The van der Waals surface area contributed by atoms with Gasteiger partial charge >= 0.3 is 0 Å². The van der Waals surface area contributed by atoms with Gasteiger partial charge in [-0.25, -0.2) is 0 Å². The predicted molar refractivity (Wildman–Crippen MR) is 79.5 cm³/mol. The molecule has 0 amide bonds. The second kappa shape index (κ2) is 4.50. The summed E-state index contributed by atoms with van der Waals surface area (Å²) in [6.45, 7) is 0. The summed E-state index contributed by atoms with van der Waals surface area (Å²) < 4.78 is 2.27. The number of thiophene rings is 1. The van der Waals surface area contributed by atoms with Gasteiger partial charge in [-0.15, -0.1) is 11.3 Å². The lowest BCUT2D eigenvalue weighted by Gasteiger charge is -2.34. The quantitative estimate of drug-likeness (QED) is 0.818. The Labute approximate surface area is 121 Å². The summed E-state index contributed by atoms with van der Waals surface area (Å²) in [7, 11) is 0. The fraction of sp³-hybridized carbons (Fsp3) is 0.231. The molecule has 2 unspecified atom stereocenters. The first-order chi connectivity index (χ1) is 8.16. The van der Waals surface area contributed by atoms with E-state index in [0.717, 1.165) is 14.0 Å². The lowest BCUT2D eigenvalue weighted by atomic mass is 9.72. The molecule has 88 valence electrons. The van der Waals surface area contributed by atoms with Gasteiger partial charge in [-0.05, 0) is 61.0 Å². The summed E-state index contributed by atoms with van der Waals surface area (Å²) in [4.78, 5) is 0. The summed E-state index contributed by atoms with van der Waals surface area (Å²) in [5.41, 5.74) is 10.4. The van der Waals surface area contributed by atoms with Gasteiger partial charge in [0, 0.05) is 12.0 Å².